The molecule has 3 N–H and O–H groups in total. The third-order valence-electron chi connectivity index (χ3n) is 2.62. The van der Waals surface area contributed by atoms with Gasteiger partial charge in [0.1, 0.15) is 6.54 Å². The molecule has 0 fully saturated rings. The molecule has 0 saturated heterocycles. The molecule has 0 bridgehead atoms. The van der Waals surface area contributed by atoms with Crippen LogP contribution in [0.5, 0.6) is 0 Å². The maximum atomic E-state index is 12.4. The summed E-state index contributed by atoms with van der Waals surface area (Å²) in [6, 6.07) is 0. The normalized spacial score (nSPS) is 11.4. The Hall–Kier alpha value is -2.65. The Labute approximate surface area is 117 Å². The average molecular weight is 300 g/mol. The highest BCUT2D eigenvalue weighted by Gasteiger charge is 2.29. The second-order valence-electron chi connectivity index (χ2n) is 4.16. The van der Waals surface area contributed by atoms with Crippen molar-refractivity contribution in [3.8, 4) is 0 Å². The molecule has 0 unspecified atom stereocenters. The molecule has 2 aromatic rings. The van der Waals surface area contributed by atoms with Gasteiger partial charge in [-0.2, -0.15) is 18.3 Å². The molecule has 21 heavy (non-hydrogen) atoms. The lowest BCUT2D eigenvalue weighted by Gasteiger charge is -2.10. The molecule has 0 radical (unpaired) electrons. The molecule has 2 heterocycles. The quantitative estimate of drug-likeness (QED) is 0.889. The van der Waals surface area contributed by atoms with Crippen molar-refractivity contribution in [3.05, 3.63) is 30.0 Å². The molecule has 0 aliphatic rings. The smallest absolute Gasteiger partial charge is 0.364 e. The summed E-state index contributed by atoms with van der Waals surface area (Å²) in [5.74, 6) is -0.745. The van der Waals surface area contributed by atoms with Crippen LogP contribution < -0.4 is 11.1 Å². The first-order chi connectivity index (χ1) is 9.78. The number of aromatic nitrogens is 4. The van der Waals surface area contributed by atoms with Crippen LogP contribution in [0, 0.1) is 6.92 Å². The zero-order valence-electron chi connectivity index (χ0n) is 10.8. The Balaban J connectivity index is 2.28. The van der Waals surface area contributed by atoms with E-state index in [1.54, 1.807) is 0 Å². The highest BCUT2D eigenvalue weighted by atomic mass is 19.4. The van der Waals surface area contributed by atoms with Gasteiger partial charge >= 0.3 is 6.18 Å². The molecule has 0 aliphatic carbocycles. The van der Waals surface area contributed by atoms with E-state index in [9.17, 15) is 18.0 Å². The standard InChI is InChI=1S/C11H11F3N6O/c1-6-7(4-18-20(6)5-11(12,13)14)19-10-8(9(15)21)16-2-3-17-10/h2-4H,5H2,1H3,(H2,15,21)(H,17,19). The number of hydrogen-bond acceptors (Lipinski definition) is 5. The van der Waals surface area contributed by atoms with Crippen LogP contribution in [0.2, 0.25) is 0 Å². The minimum Gasteiger partial charge on any atom is -0.364 e. The van der Waals surface area contributed by atoms with Crippen LogP contribution in [-0.4, -0.2) is 31.8 Å². The fourth-order valence-electron chi connectivity index (χ4n) is 1.64. The first kappa shape index (κ1) is 14.8. The molecule has 10 heteroatoms. The van der Waals surface area contributed by atoms with Crippen molar-refractivity contribution in [2.75, 3.05) is 5.32 Å². The number of halogens is 3. The number of primary amides is 1. The van der Waals surface area contributed by atoms with Crippen molar-refractivity contribution < 1.29 is 18.0 Å². The minimum absolute atomic E-state index is 0.0552. The van der Waals surface area contributed by atoms with Gasteiger partial charge in [-0.15, -0.1) is 0 Å². The molecule has 0 aromatic carbocycles. The van der Waals surface area contributed by atoms with Crippen molar-refractivity contribution in [1.29, 1.82) is 0 Å². The Morgan fingerprint density at radius 3 is 2.67 bits per heavy atom. The Kier molecular flexibility index (Phi) is 3.78. The molecule has 112 valence electrons. The van der Waals surface area contributed by atoms with Crippen molar-refractivity contribution in [2.24, 2.45) is 5.73 Å². The van der Waals surface area contributed by atoms with E-state index in [0.717, 1.165) is 4.68 Å². The number of nitrogens with one attached hydrogen (secondary N) is 1. The largest absolute Gasteiger partial charge is 0.408 e. The van der Waals surface area contributed by atoms with E-state index in [4.69, 9.17) is 5.73 Å². The zero-order valence-corrected chi connectivity index (χ0v) is 10.8. The lowest BCUT2D eigenvalue weighted by Crippen LogP contribution is -2.19. The van der Waals surface area contributed by atoms with Crippen molar-refractivity contribution in [2.45, 2.75) is 19.6 Å². The molecule has 1 amide bonds. The van der Waals surface area contributed by atoms with Crippen molar-refractivity contribution >= 4 is 17.4 Å². The Morgan fingerprint density at radius 2 is 2.05 bits per heavy atom. The van der Waals surface area contributed by atoms with Gasteiger partial charge in [0.25, 0.3) is 5.91 Å². The monoisotopic (exact) mass is 300 g/mol. The Morgan fingerprint density at radius 1 is 1.38 bits per heavy atom. The van der Waals surface area contributed by atoms with Gasteiger partial charge in [0.05, 0.1) is 17.6 Å². The fourth-order valence-corrected chi connectivity index (χ4v) is 1.64. The third kappa shape index (κ3) is 3.46. The lowest BCUT2D eigenvalue weighted by molar-refractivity contribution is -0.142. The van der Waals surface area contributed by atoms with E-state index in [-0.39, 0.29) is 22.9 Å². The summed E-state index contributed by atoms with van der Waals surface area (Å²) in [6.45, 7) is 0.255. The van der Waals surface area contributed by atoms with Crippen LogP contribution in [0.1, 0.15) is 16.2 Å². The van der Waals surface area contributed by atoms with E-state index < -0.39 is 18.6 Å². The molecule has 2 rings (SSSR count). The summed E-state index contributed by atoms with van der Waals surface area (Å²) >= 11 is 0. The molecule has 0 aliphatic heterocycles. The van der Waals surface area contributed by atoms with Crippen LogP contribution in [-0.2, 0) is 6.54 Å². The van der Waals surface area contributed by atoms with Gasteiger partial charge in [0.15, 0.2) is 11.5 Å². The molecular weight excluding hydrogens is 289 g/mol. The van der Waals surface area contributed by atoms with E-state index in [1.165, 1.54) is 25.5 Å². The van der Waals surface area contributed by atoms with E-state index in [1.807, 2.05) is 0 Å². The number of rotatable bonds is 4. The highest BCUT2D eigenvalue weighted by molar-refractivity contribution is 5.96. The predicted octanol–water partition coefficient (Wildman–Crippen LogP) is 1.39. The maximum absolute atomic E-state index is 12.4. The van der Waals surface area contributed by atoms with Gasteiger partial charge in [-0.25, -0.2) is 9.97 Å². The number of carbonyl (C=O) groups excluding carboxylic acids is 1. The van der Waals surface area contributed by atoms with Crippen LogP contribution in [0.15, 0.2) is 18.6 Å². The molecule has 0 saturated carbocycles. The number of nitrogens with zero attached hydrogens (tertiary/aromatic N) is 4. The first-order valence-corrected chi connectivity index (χ1v) is 5.75. The molecule has 0 atom stereocenters. The second kappa shape index (κ2) is 5.38. The minimum atomic E-state index is -4.38. The zero-order chi connectivity index (χ0) is 15.6. The van der Waals surface area contributed by atoms with Crippen molar-refractivity contribution in [1.82, 2.24) is 19.7 Å². The van der Waals surface area contributed by atoms with Gasteiger partial charge in [0.2, 0.25) is 0 Å². The van der Waals surface area contributed by atoms with Crippen molar-refractivity contribution in [3.63, 3.8) is 0 Å². The van der Waals surface area contributed by atoms with Gasteiger partial charge in [-0.05, 0) is 6.92 Å². The van der Waals surface area contributed by atoms with Crippen LogP contribution in [0.25, 0.3) is 0 Å². The van der Waals surface area contributed by atoms with E-state index in [0.29, 0.717) is 0 Å². The SMILES string of the molecule is Cc1c(Nc2nccnc2C(N)=O)cnn1CC(F)(F)F. The van der Waals surface area contributed by atoms with Gasteiger partial charge in [-0.3, -0.25) is 9.48 Å². The fraction of sp³-hybridized carbons (Fsp3) is 0.273. The summed E-state index contributed by atoms with van der Waals surface area (Å²) in [6.07, 6.45) is -0.561. The number of hydrogen-bond donors (Lipinski definition) is 2. The highest BCUT2D eigenvalue weighted by Crippen LogP contribution is 2.23. The van der Waals surface area contributed by atoms with Crippen LogP contribution >= 0.6 is 0 Å². The topological polar surface area (TPSA) is 98.7 Å². The van der Waals surface area contributed by atoms with Gasteiger partial charge < -0.3 is 11.1 Å². The number of alkyl halides is 3. The molecular formula is C11H11F3N6O. The third-order valence-corrected chi connectivity index (χ3v) is 2.62. The number of carbonyl (C=O) groups is 1. The van der Waals surface area contributed by atoms with Gasteiger partial charge in [0, 0.05) is 12.4 Å². The number of anilines is 2. The van der Waals surface area contributed by atoms with Crippen LogP contribution in [0.4, 0.5) is 24.7 Å². The lowest BCUT2D eigenvalue weighted by atomic mass is 10.3. The number of nitrogens with two attached hydrogens (primary N) is 1. The molecule has 0 spiro atoms. The number of amides is 1. The van der Waals surface area contributed by atoms with Crippen LogP contribution in [0.3, 0.4) is 0 Å². The average Bonchev–Trinajstić information content (AvgIpc) is 2.70. The van der Waals surface area contributed by atoms with Gasteiger partial charge in [-0.1, -0.05) is 0 Å². The maximum Gasteiger partial charge on any atom is 0.408 e. The summed E-state index contributed by atoms with van der Waals surface area (Å²) < 4.78 is 37.9. The second-order valence-corrected chi connectivity index (χ2v) is 4.16. The first-order valence-electron chi connectivity index (χ1n) is 5.75. The predicted molar refractivity (Wildman–Crippen MR) is 66.9 cm³/mol. The van der Waals surface area contributed by atoms with E-state index >= 15 is 0 Å². The molecule has 7 nitrogen and oxygen atoms in total. The molecule has 2 aromatic heterocycles. The summed E-state index contributed by atoms with van der Waals surface area (Å²) in [5.41, 5.74) is 5.56. The summed E-state index contributed by atoms with van der Waals surface area (Å²) in [7, 11) is 0. The Bertz CT molecular complexity index is 666. The summed E-state index contributed by atoms with van der Waals surface area (Å²) in [4.78, 5) is 18.8. The van der Waals surface area contributed by atoms with E-state index in [2.05, 4.69) is 20.4 Å². The summed E-state index contributed by atoms with van der Waals surface area (Å²) in [5, 5.41) is 6.34.